The summed E-state index contributed by atoms with van der Waals surface area (Å²) in [5.74, 6) is 0. The van der Waals surface area contributed by atoms with E-state index in [0.717, 1.165) is 17.6 Å². The molecule has 2 amide bonds. The van der Waals surface area contributed by atoms with E-state index in [4.69, 9.17) is 9.47 Å². The van der Waals surface area contributed by atoms with Gasteiger partial charge in [-0.3, -0.25) is 9.80 Å². The maximum absolute atomic E-state index is 13.5. The zero-order valence-corrected chi connectivity index (χ0v) is 23.5. The number of rotatable bonds is 6. The lowest BCUT2D eigenvalue weighted by Gasteiger charge is -2.36. The number of benzene rings is 2. The largest absolute Gasteiger partial charge is 0.453 e. The Kier molecular flexibility index (Phi) is 9.54. The molecule has 1 aliphatic rings. The Bertz CT molecular complexity index is 1180. The van der Waals surface area contributed by atoms with Crippen molar-refractivity contribution >= 4 is 12.2 Å². The first-order chi connectivity index (χ1) is 18.9. The molecule has 41 heavy (non-hydrogen) atoms. The van der Waals surface area contributed by atoms with E-state index >= 15 is 0 Å². The second-order valence-corrected chi connectivity index (χ2v) is 11.0. The van der Waals surface area contributed by atoms with Gasteiger partial charge in [0.15, 0.2) is 0 Å². The second-order valence-electron chi connectivity index (χ2n) is 11.0. The lowest BCUT2D eigenvalue weighted by Crippen LogP contribution is -2.51. The molecular weight excluding hydrogens is 554 g/mol. The fourth-order valence-electron chi connectivity index (χ4n) is 5.13. The third-order valence-corrected chi connectivity index (χ3v) is 6.88. The van der Waals surface area contributed by atoms with E-state index in [9.17, 15) is 35.9 Å². The summed E-state index contributed by atoms with van der Waals surface area (Å²) in [4.78, 5) is 29.2. The Hall–Kier alpha value is -3.44. The van der Waals surface area contributed by atoms with Gasteiger partial charge in [-0.05, 0) is 69.4 Å². The van der Waals surface area contributed by atoms with Gasteiger partial charge in [0.05, 0.1) is 30.3 Å². The molecule has 1 fully saturated rings. The van der Waals surface area contributed by atoms with Crippen molar-refractivity contribution in [3.63, 3.8) is 0 Å². The van der Waals surface area contributed by atoms with E-state index in [1.807, 2.05) is 25.1 Å². The highest BCUT2D eigenvalue weighted by atomic mass is 19.4. The first-order valence-electron chi connectivity index (χ1n) is 13.1. The van der Waals surface area contributed by atoms with Crippen molar-refractivity contribution in [1.29, 1.82) is 0 Å². The van der Waals surface area contributed by atoms with Crippen LogP contribution in [-0.4, -0.2) is 52.8 Å². The van der Waals surface area contributed by atoms with Crippen LogP contribution in [0.4, 0.5) is 35.9 Å². The molecule has 1 aliphatic heterocycles. The van der Waals surface area contributed by atoms with Gasteiger partial charge in [-0.15, -0.1) is 0 Å². The monoisotopic (exact) mass is 588 g/mol. The minimum absolute atomic E-state index is 0.0388. The molecule has 2 aromatic rings. The van der Waals surface area contributed by atoms with Gasteiger partial charge in [0.2, 0.25) is 0 Å². The number of alkyl halides is 6. The highest BCUT2D eigenvalue weighted by molar-refractivity contribution is 5.71. The third-order valence-electron chi connectivity index (χ3n) is 6.88. The van der Waals surface area contributed by atoms with Gasteiger partial charge in [-0.2, -0.15) is 26.3 Å². The van der Waals surface area contributed by atoms with Gasteiger partial charge in [0, 0.05) is 12.6 Å². The van der Waals surface area contributed by atoms with Gasteiger partial charge < -0.3 is 9.47 Å². The fraction of sp³-hybridized carbons (Fsp3) is 0.517. The van der Waals surface area contributed by atoms with Crippen LogP contribution >= 0.6 is 0 Å². The van der Waals surface area contributed by atoms with Crippen molar-refractivity contribution in [3.8, 4) is 0 Å². The summed E-state index contributed by atoms with van der Waals surface area (Å²) in [7, 11) is 1.08. The van der Waals surface area contributed by atoms with Crippen molar-refractivity contribution in [2.75, 3.05) is 7.11 Å². The highest BCUT2D eigenvalue weighted by Gasteiger charge is 2.48. The molecule has 12 heteroatoms. The topological polar surface area (TPSA) is 59.1 Å². The summed E-state index contributed by atoms with van der Waals surface area (Å²) in [5, 5.41) is 0. The van der Waals surface area contributed by atoms with Crippen LogP contribution in [-0.2, 0) is 34.8 Å². The molecule has 0 saturated carbocycles. The normalized spacial score (nSPS) is 19.7. The van der Waals surface area contributed by atoms with E-state index in [1.54, 1.807) is 32.9 Å². The Morgan fingerprint density at radius 2 is 1.49 bits per heavy atom. The zero-order valence-electron chi connectivity index (χ0n) is 23.5. The highest BCUT2D eigenvalue weighted by Crippen LogP contribution is 2.38. The van der Waals surface area contributed by atoms with Crippen LogP contribution < -0.4 is 0 Å². The molecule has 0 aliphatic carbocycles. The van der Waals surface area contributed by atoms with Gasteiger partial charge in [0.25, 0.3) is 0 Å². The Labute approximate surface area is 235 Å². The molecule has 1 saturated heterocycles. The molecule has 0 aromatic heterocycles. The summed E-state index contributed by atoms with van der Waals surface area (Å²) >= 11 is 0. The van der Waals surface area contributed by atoms with Crippen LogP contribution in [0.5, 0.6) is 0 Å². The molecule has 0 radical (unpaired) electrons. The van der Waals surface area contributed by atoms with E-state index in [2.05, 4.69) is 0 Å². The summed E-state index contributed by atoms with van der Waals surface area (Å²) in [6.45, 7) is 6.36. The van der Waals surface area contributed by atoms with Crippen molar-refractivity contribution < 1.29 is 45.4 Å². The van der Waals surface area contributed by atoms with Crippen molar-refractivity contribution in [1.82, 2.24) is 9.80 Å². The summed E-state index contributed by atoms with van der Waals surface area (Å²) < 4.78 is 91.9. The number of hydrogen-bond donors (Lipinski definition) is 0. The van der Waals surface area contributed by atoms with Crippen molar-refractivity contribution in [3.05, 3.63) is 70.8 Å². The van der Waals surface area contributed by atoms with Crippen LogP contribution in [0.1, 0.15) is 62.8 Å². The standard InChI is InChI=1S/C29H34F6N2O4/c1-6-22-16-23(24(14-18-10-8-7-9-11-18)37(22)26(39)41-27(2,3)4)36(25(38)40-5)17-19-12-20(28(30,31)32)15-21(13-19)29(33,34)35/h7-13,15,22-24H,6,14,16-17H2,1-5H3. The third kappa shape index (κ3) is 8.07. The molecule has 6 nitrogen and oxygen atoms in total. The number of amides is 2. The van der Waals surface area contributed by atoms with Gasteiger partial charge in [0.1, 0.15) is 5.60 Å². The average Bonchev–Trinajstić information content (AvgIpc) is 3.23. The van der Waals surface area contributed by atoms with Gasteiger partial charge in [-0.1, -0.05) is 37.3 Å². The predicted molar refractivity (Wildman–Crippen MR) is 139 cm³/mol. The number of hydrogen-bond acceptors (Lipinski definition) is 4. The Morgan fingerprint density at radius 3 is 1.95 bits per heavy atom. The van der Waals surface area contributed by atoms with E-state index in [0.29, 0.717) is 18.6 Å². The number of carbonyl (C=O) groups excluding carboxylic acids is 2. The van der Waals surface area contributed by atoms with Crippen LogP contribution in [0, 0.1) is 0 Å². The second kappa shape index (κ2) is 12.2. The summed E-state index contributed by atoms with van der Waals surface area (Å²) in [5.41, 5.74) is -3.36. The van der Waals surface area contributed by atoms with Gasteiger partial charge >= 0.3 is 24.5 Å². The average molecular weight is 589 g/mol. The van der Waals surface area contributed by atoms with E-state index < -0.39 is 65.9 Å². The van der Waals surface area contributed by atoms with E-state index in [-0.39, 0.29) is 24.5 Å². The number of nitrogens with zero attached hydrogens (tertiary/aromatic N) is 2. The molecule has 3 unspecified atom stereocenters. The molecule has 3 rings (SSSR count). The predicted octanol–water partition coefficient (Wildman–Crippen LogP) is 7.69. The minimum Gasteiger partial charge on any atom is -0.453 e. The van der Waals surface area contributed by atoms with Crippen LogP contribution in [0.15, 0.2) is 48.5 Å². The number of carbonyl (C=O) groups is 2. The molecule has 0 N–H and O–H groups in total. The van der Waals surface area contributed by atoms with Crippen molar-refractivity contribution in [2.45, 2.75) is 89.6 Å². The molecule has 1 heterocycles. The lowest BCUT2D eigenvalue weighted by atomic mass is 9.97. The molecule has 0 spiro atoms. The quantitative estimate of drug-likeness (QED) is 0.325. The minimum atomic E-state index is -5.05. The van der Waals surface area contributed by atoms with E-state index in [1.165, 1.54) is 4.90 Å². The number of ether oxygens (including phenoxy) is 2. The number of halogens is 6. The molecule has 3 atom stereocenters. The van der Waals surface area contributed by atoms with Crippen LogP contribution in [0.3, 0.4) is 0 Å². The Morgan fingerprint density at radius 1 is 0.927 bits per heavy atom. The fourth-order valence-corrected chi connectivity index (χ4v) is 5.13. The van der Waals surface area contributed by atoms with Crippen molar-refractivity contribution in [2.24, 2.45) is 0 Å². The lowest BCUT2D eigenvalue weighted by molar-refractivity contribution is -0.143. The summed E-state index contributed by atoms with van der Waals surface area (Å²) in [6.07, 6.45) is -10.7. The molecule has 226 valence electrons. The Balaban J connectivity index is 2.11. The molecular formula is C29H34F6N2O4. The smallest absolute Gasteiger partial charge is 0.416 e. The SMILES string of the molecule is CCC1CC(N(Cc2cc(C(F)(F)F)cc(C(F)(F)F)c2)C(=O)OC)C(Cc2ccccc2)N1C(=O)OC(C)(C)C. The summed E-state index contributed by atoms with van der Waals surface area (Å²) in [6, 6.07) is 8.37. The maximum Gasteiger partial charge on any atom is 0.416 e. The van der Waals surface area contributed by atoms with Crippen LogP contribution in [0.25, 0.3) is 0 Å². The van der Waals surface area contributed by atoms with Crippen LogP contribution in [0.2, 0.25) is 0 Å². The number of likely N-dealkylation sites (tertiary alicyclic amines) is 1. The first-order valence-corrected chi connectivity index (χ1v) is 13.1. The molecule has 0 bridgehead atoms. The van der Waals surface area contributed by atoms with Gasteiger partial charge in [-0.25, -0.2) is 9.59 Å². The molecule has 2 aromatic carbocycles. The first kappa shape index (κ1) is 32.1. The number of methoxy groups -OCH3 is 1. The zero-order chi connectivity index (χ0) is 30.8. The maximum atomic E-state index is 13.5.